The maximum absolute atomic E-state index is 10.6. The fraction of sp³-hybridized carbons (Fsp3) is 0.429. The van der Waals surface area contributed by atoms with E-state index in [1.807, 2.05) is 37.3 Å². The third kappa shape index (κ3) is 9.39. The van der Waals surface area contributed by atoms with Gasteiger partial charge in [-0.2, -0.15) is 0 Å². The van der Waals surface area contributed by atoms with Crippen LogP contribution in [0.1, 0.15) is 32.8 Å². The number of ether oxygens (including phenoxy) is 1. The van der Waals surface area contributed by atoms with Crippen LogP contribution in [0, 0.1) is 0 Å². The zero-order valence-corrected chi connectivity index (χ0v) is 11.1. The molecule has 0 spiro atoms. The van der Waals surface area contributed by atoms with E-state index in [9.17, 15) is 9.59 Å². The fourth-order valence-electron chi connectivity index (χ4n) is 1.14. The van der Waals surface area contributed by atoms with Gasteiger partial charge in [0.1, 0.15) is 11.9 Å². The van der Waals surface area contributed by atoms with E-state index in [1.54, 1.807) is 13.8 Å². The Morgan fingerprint density at radius 2 is 1.83 bits per heavy atom. The number of carbonyl (C=O) groups excluding carboxylic acids is 1. The molecule has 1 aromatic carbocycles. The Kier molecular flexibility index (Phi) is 8.27. The molecule has 0 saturated heterocycles. The van der Waals surface area contributed by atoms with Gasteiger partial charge in [0.25, 0.3) is 0 Å². The topological polar surface area (TPSA) is 63.6 Å². The molecule has 0 aliphatic heterocycles. The lowest BCUT2D eigenvalue weighted by molar-refractivity contribution is -0.116. The molecule has 0 aliphatic carbocycles. The third-order valence-corrected chi connectivity index (χ3v) is 2.17. The Balaban J connectivity index is 0.000000331. The van der Waals surface area contributed by atoms with Crippen LogP contribution in [0.5, 0.6) is 0 Å². The Morgan fingerprint density at radius 3 is 2.17 bits per heavy atom. The first kappa shape index (κ1) is 16.2. The van der Waals surface area contributed by atoms with Crippen molar-refractivity contribution in [3.05, 3.63) is 35.9 Å². The molecule has 0 saturated carbocycles. The molecule has 1 aromatic rings. The number of benzene rings is 1. The van der Waals surface area contributed by atoms with Crippen molar-refractivity contribution in [3.63, 3.8) is 0 Å². The van der Waals surface area contributed by atoms with Gasteiger partial charge in [0, 0.05) is 6.42 Å². The minimum Gasteiger partial charge on any atom is -0.450 e. The summed E-state index contributed by atoms with van der Waals surface area (Å²) in [6.45, 7) is 5.19. The van der Waals surface area contributed by atoms with Crippen molar-refractivity contribution in [2.75, 3.05) is 0 Å². The van der Waals surface area contributed by atoms with Gasteiger partial charge in [-0.15, -0.1) is 0 Å². The van der Waals surface area contributed by atoms with Gasteiger partial charge in [0.2, 0.25) is 0 Å². The van der Waals surface area contributed by atoms with E-state index in [0.717, 1.165) is 12.0 Å². The minimum atomic E-state index is -1.20. The first-order valence-corrected chi connectivity index (χ1v) is 5.88. The number of carboxylic acid groups (broad SMARTS) is 1. The van der Waals surface area contributed by atoms with Crippen LogP contribution in [0.4, 0.5) is 4.79 Å². The van der Waals surface area contributed by atoms with Crippen molar-refractivity contribution in [3.8, 4) is 0 Å². The molecule has 0 fully saturated rings. The largest absolute Gasteiger partial charge is 0.506 e. The van der Waals surface area contributed by atoms with Crippen LogP contribution in [0.15, 0.2) is 30.3 Å². The Hall–Kier alpha value is -1.84. The van der Waals surface area contributed by atoms with E-state index in [1.165, 1.54) is 0 Å². The molecule has 100 valence electrons. The van der Waals surface area contributed by atoms with Gasteiger partial charge in [-0.05, 0) is 25.8 Å². The molecular weight excluding hydrogens is 232 g/mol. The maximum atomic E-state index is 10.6. The minimum absolute atomic E-state index is 0.174. The van der Waals surface area contributed by atoms with Gasteiger partial charge in [-0.3, -0.25) is 4.79 Å². The molecule has 0 radical (unpaired) electrons. The molecule has 0 amide bonds. The van der Waals surface area contributed by atoms with E-state index in [2.05, 4.69) is 4.74 Å². The number of carbonyl (C=O) groups is 2. The highest BCUT2D eigenvalue weighted by atomic mass is 16.7. The number of hydrogen-bond donors (Lipinski definition) is 1. The van der Waals surface area contributed by atoms with Crippen molar-refractivity contribution in [2.45, 2.75) is 39.7 Å². The second-order valence-corrected chi connectivity index (χ2v) is 3.97. The molecule has 0 aromatic heterocycles. The smallest absolute Gasteiger partial charge is 0.450 e. The summed E-state index contributed by atoms with van der Waals surface area (Å²) in [5.74, 6) is 0.214. The number of ketones is 1. The molecule has 1 atom stereocenters. The second kappa shape index (κ2) is 9.22. The van der Waals surface area contributed by atoms with Crippen molar-refractivity contribution in [2.24, 2.45) is 0 Å². The third-order valence-electron chi connectivity index (χ3n) is 2.17. The lowest BCUT2D eigenvalue weighted by atomic mass is 10.1. The van der Waals surface area contributed by atoms with Crippen molar-refractivity contribution in [1.29, 1.82) is 0 Å². The summed E-state index contributed by atoms with van der Waals surface area (Å²) in [6.07, 6.45) is -0.0838. The highest BCUT2D eigenvalue weighted by Crippen LogP contribution is 1.99. The second-order valence-electron chi connectivity index (χ2n) is 3.97. The quantitative estimate of drug-likeness (QED) is 0.835. The fourth-order valence-corrected chi connectivity index (χ4v) is 1.14. The SMILES string of the molecule is CC(=O)Cc1ccccc1.CCC(C)OC(=O)O. The number of rotatable bonds is 4. The summed E-state index contributed by atoms with van der Waals surface area (Å²) in [4.78, 5) is 20.4. The monoisotopic (exact) mass is 252 g/mol. The van der Waals surface area contributed by atoms with Crippen LogP contribution in [0.3, 0.4) is 0 Å². The van der Waals surface area contributed by atoms with E-state index in [0.29, 0.717) is 6.42 Å². The van der Waals surface area contributed by atoms with Gasteiger partial charge in [-0.1, -0.05) is 37.3 Å². The summed E-state index contributed by atoms with van der Waals surface area (Å²) in [5, 5.41) is 7.99. The molecule has 1 unspecified atom stereocenters. The molecule has 0 bridgehead atoms. The summed E-state index contributed by atoms with van der Waals surface area (Å²) in [5.41, 5.74) is 1.09. The van der Waals surface area contributed by atoms with Gasteiger partial charge < -0.3 is 9.84 Å². The summed E-state index contributed by atoms with van der Waals surface area (Å²) >= 11 is 0. The molecule has 0 heterocycles. The Morgan fingerprint density at radius 1 is 1.28 bits per heavy atom. The van der Waals surface area contributed by atoms with Crippen molar-refractivity contribution >= 4 is 11.9 Å². The molecule has 18 heavy (non-hydrogen) atoms. The zero-order chi connectivity index (χ0) is 14.0. The number of Topliss-reactive ketones (excluding diaryl/α,β-unsaturated/α-hetero) is 1. The highest BCUT2D eigenvalue weighted by molar-refractivity contribution is 5.78. The lowest BCUT2D eigenvalue weighted by Crippen LogP contribution is -2.10. The normalized spacial score (nSPS) is 10.8. The van der Waals surface area contributed by atoms with Gasteiger partial charge in [0.05, 0.1) is 0 Å². The van der Waals surface area contributed by atoms with Crippen LogP contribution in [0.25, 0.3) is 0 Å². The van der Waals surface area contributed by atoms with E-state index >= 15 is 0 Å². The van der Waals surface area contributed by atoms with E-state index in [-0.39, 0.29) is 11.9 Å². The average Bonchev–Trinajstić information content (AvgIpc) is 2.29. The van der Waals surface area contributed by atoms with Crippen LogP contribution < -0.4 is 0 Å². The molecule has 4 heteroatoms. The van der Waals surface area contributed by atoms with Gasteiger partial charge in [0.15, 0.2) is 0 Å². The van der Waals surface area contributed by atoms with Crippen LogP contribution in [-0.2, 0) is 16.0 Å². The number of hydrogen-bond acceptors (Lipinski definition) is 3. The first-order chi connectivity index (χ1) is 8.45. The van der Waals surface area contributed by atoms with E-state index in [4.69, 9.17) is 5.11 Å². The van der Waals surface area contributed by atoms with Crippen LogP contribution in [0.2, 0.25) is 0 Å². The van der Waals surface area contributed by atoms with Crippen LogP contribution in [-0.4, -0.2) is 23.1 Å². The average molecular weight is 252 g/mol. The predicted octanol–water partition coefficient (Wildman–Crippen LogP) is 3.30. The van der Waals surface area contributed by atoms with Crippen molar-refractivity contribution < 1.29 is 19.4 Å². The maximum Gasteiger partial charge on any atom is 0.506 e. The molecule has 1 rings (SSSR count). The van der Waals surface area contributed by atoms with Crippen molar-refractivity contribution in [1.82, 2.24) is 0 Å². The molecular formula is C14H20O4. The van der Waals surface area contributed by atoms with Crippen LogP contribution >= 0.6 is 0 Å². The Bertz CT molecular complexity index is 359. The zero-order valence-electron chi connectivity index (χ0n) is 11.1. The predicted molar refractivity (Wildman–Crippen MR) is 69.7 cm³/mol. The molecule has 4 nitrogen and oxygen atoms in total. The van der Waals surface area contributed by atoms with E-state index < -0.39 is 6.16 Å². The molecule has 1 N–H and O–H groups in total. The molecule has 0 aliphatic rings. The summed E-state index contributed by atoms with van der Waals surface area (Å²) < 4.78 is 4.32. The Labute approximate surface area is 108 Å². The highest BCUT2D eigenvalue weighted by Gasteiger charge is 2.02. The summed E-state index contributed by atoms with van der Waals surface area (Å²) in [6, 6.07) is 9.75. The summed E-state index contributed by atoms with van der Waals surface area (Å²) in [7, 11) is 0. The standard InChI is InChI=1S/C9H10O.C5H10O3/c1-8(10)7-9-5-3-2-4-6-9;1-3-4(2)8-5(6)7/h2-6H,7H2,1H3;4H,3H2,1-2H3,(H,6,7). The first-order valence-electron chi connectivity index (χ1n) is 5.88. The van der Waals surface area contributed by atoms with Gasteiger partial charge >= 0.3 is 6.16 Å². The lowest BCUT2D eigenvalue weighted by Gasteiger charge is -2.04. The van der Waals surface area contributed by atoms with Gasteiger partial charge in [-0.25, -0.2) is 4.79 Å².